The van der Waals surface area contributed by atoms with Gasteiger partial charge in [0.25, 0.3) is 0 Å². The van der Waals surface area contributed by atoms with Crippen molar-refractivity contribution < 1.29 is 9.53 Å². The summed E-state index contributed by atoms with van der Waals surface area (Å²) in [5, 5.41) is 0. The minimum atomic E-state index is -0.517. The Hall–Kier alpha value is -0.160. The molecule has 0 fully saturated rings. The van der Waals surface area contributed by atoms with Gasteiger partial charge < -0.3 is 4.74 Å². The Bertz CT molecular complexity index is 236. The van der Waals surface area contributed by atoms with Gasteiger partial charge in [-0.05, 0) is 54.9 Å². The molecule has 0 aromatic rings. The summed E-state index contributed by atoms with van der Waals surface area (Å²) in [6.45, 7) is 11.1. The van der Waals surface area contributed by atoms with Crippen molar-refractivity contribution >= 4 is 26.9 Å². The Morgan fingerprint density at radius 3 is 2.27 bits per heavy atom. The Morgan fingerprint density at radius 1 is 1.40 bits per heavy atom. The van der Waals surface area contributed by atoms with E-state index in [0.29, 0.717) is 13.2 Å². The van der Waals surface area contributed by atoms with Gasteiger partial charge in [-0.25, -0.2) is 9.10 Å². The molecule has 0 bridgehead atoms. The molecule has 1 atom stereocenters. The molecule has 1 amide bonds. The van der Waals surface area contributed by atoms with E-state index < -0.39 is 9.64 Å². The average Bonchev–Trinajstić information content (AvgIpc) is 2.14. The number of hydrogen-bond acceptors (Lipinski definition) is 3. The van der Waals surface area contributed by atoms with Crippen LogP contribution in [0.1, 0.15) is 41.0 Å². The molecule has 0 saturated carbocycles. The number of carbonyl (C=O) groups is 1. The van der Waals surface area contributed by atoms with E-state index in [0.717, 1.165) is 6.42 Å². The SMILES string of the molecule is CCCOC(=O)N(CC)S(=S)C(C)(C)C. The topological polar surface area (TPSA) is 29.5 Å². The maximum Gasteiger partial charge on any atom is 0.420 e. The van der Waals surface area contributed by atoms with Gasteiger partial charge in [0.05, 0.1) is 6.61 Å². The summed E-state index contributed by atoms with van der Waals surface area (Å²) in [4.78, 5) is 11.7. The fourth-order valence-electron chi connectivity index (χ4n) is 0.906. The van der Waals surface area contributed by atoms with Crippen LogP contribution in [0.5, 0.6) is 0 Å². The number of nitrogens with zero attached hydrogens (tertiary/aromatic N) is 1. The first kappa shape index (κ1) is 14.8. The van der Waals surface area contributed by atoms with Crippen LogP contribution >= 0.6 is 0 Å². The van der Waals surface area contributed by atoms with Gasteiger partial charge in [0.1, 0.15) is 0 Å². The fraction of sp³-hybridized carbons (Fsp3) is 0.900. The van der Waals surface area contributed by atoms with Crippen LogP contribution in [0.25, 0.3) is 0 Å². The van der Waals surface area contributed by atoms with Gasteiger partial charge in [-0.3, -0.25) is 0 Å². The smallest absolute Gasteiger partial charge is 0.420 e. The highest BCUT2D eigenvalue weighted by molar-refractivity contribution is 8.28. The predicted molar refractivity (Wildman–Crippen MR) is 68.5 cm³/mol. The van der Waals surface area contributed by atoms with Crippen molar-refractivity contribution in [2.24, 2.45) is 0 Å². The summed E-state index contributed by atoms with van der Waals surface area (Å²) >= 11 is 5.37. The molecule has 0 aliphatic carbocycles. The van der Waals surface area contributed by atoms with Crippen LogP contribution in [0.15, 0.2) is 0 Å². The Labute approximate surface area is 99.9 Å². The summed E-state index contributed by atoms with van der Waals surface area (Å²) in [5.74, 6) is 0. The van der Waals surface area contributed by atoms with E-state index >= 15 is 0 Å². The lowest BCUT2D eigenvalue weighted by atomic mass is 10.3. The lowest BCUT2D eigenvalue weighted by Gasteiger charge is -2.30. The van der Waals surface area contributed by atoms with Crippen LogP contribution in [0.3, 0.4) is 0 Å². The predicted octanol–water partition coefficient (Wildman–Crippen LogP) is 2.65. The molecule has 90 valence electrons. The molecule has 0 aromatic heterocycles. The largest absolute Gasteiger partial charge is 0.449 e. The molecule has 0 aliphatic heterocycles. The van der Waals surface area contributed by atoms with E-state index in [-0.39, 0.29) is 10.8 Å². The summed E-state index contributed by atoms with van der Waals surface area (Å²) in [5.41, 5.74) is 0. The molecule has 1 unspecified atom stereocenters. The van der Waals surface area contributed by atoms with Gasteiger partial charge in [-0.2, -0.15) is 0 Å². The minimum absolute atomic E-state index is 0.0728. The third-order valence-electron chi connectivity index (χ3n) is 1.64. The normalized spacial score (nSPS) is 13.4. The first-order valence-corrected chi connectivity index (χ1v) is 7.31. The van der Waals surface area contributed by atoms with E-state index in [2.05, 4.69) is 0 Å². The highest BCUT2D eigenvalue weighted by Gasteiger charge is 2.25. The summed E-state index contributed by atoms with van der Waals surface area (Å²) in [6, 6.07) is 0. The van der Waals surface area contributed by atoms with Crippen molar-refractivity contribution in [3.63, 3.8) is 0 Å². The average molecular weight is 251 g/mol. The van der Waals surface area contributed by atoms with Crippen molar-refractivity contribution in [3.8, 4) is 0 Å². The maximum atomic E-state index is 11.7. The number of rotatable bonds is 4. The molecular formula is C10H21NO2S2. The molecule has 0 radical (unpaired) electrons. The van der Waals surface area contributed by atoms with Crippen LogP contribution in [-0.2, 0) is 25.6 Å². The summed E-state index contributed by atoms with van der Waals surface area (Å²) < 4.78 is 6.64. The highest BCUT2D eigenvalue weighted by atomic mass is 32.8. The van der Waals surface area contributed by atoms with Gasteiger partial charge in [-0.1, -0.05) is 6.92 Å². The van der Waals surface area contributed by atoms with Gasteiger partial charge >= 0.3 is 6.09 Å². The third-order valence-corrected chi connectivity index (χ3v) is 5.54. The molecule has 0 saturated heterocycles. The van der Waals surface area contributed by atoms with E-state index in [1.165, 1.54) is 0 Å². The monoisotopic (exact) mass is 251 g/mol. The summed E-state index contributed by atoms with van der Waals surface area (Å²) in [7, 11) is -0.517. The van der Waals surface area contributed by atoms with Gasteiger partial charge in [-0.15, -0.1) is 0 Å². The van der Waals surface area contributed by atoms with E-state index in [4.69, 9.17) is 15.9 Å². The van der Waals surface area contributed by atoms with E-state index in [9.17, 15) is 4.79 Å². The van der Waals surface area contributed by atoms with Crippen molar-refractivity contribution in [1.82, 2.24) is 4.31 Å². The zero-order valence-electron chi connectivity index (χ0n) is 10.2. The van der Waals surface area contributed by atoms with Crippen molar-refractivity contribution in [2.75, 3.05) is 13.2 Å². The Balaban J connectivity index is 4.49. The maximum absolute atomic E-state index is 11.7. The first-order valence-electron chi connectivity index (χ1n) is 5.20. The third kappa shape index (κ3) is 4.93. The van der Waals surface area contributed by atoms with Crippen molar-refractivity contribution in [3.05, 3.63) is 0 Å². The van der Waals surface area contributed by atoms with Gasteiger partial charge in [0.15, 0.2) is 0 Å². The quantitative estimate of drug-likeness (QED) is 0.769. The zero-order valence-corrected chi connectivity index (χ0v) is 11.8. The molecule has 0 rings (SSSR count). The Morgan fingerprint density at radius 2 is 1.93 bits per heavy atom. The van der Waals surface area contributed by atoms with Crippen molar-refractivity contribution in [2.45, 2.75) is 45.8 Å². The molecule has 0 aliphatic rings. The molecule has 15 heavy (non-hydrogen) atoms. The van der Waals surface area contributed by atoms with Gasteiger partial charge in [0.2, 0.25) is 0 Å². The number of ether oxygens (including phenoxy) is 1. The fourth-order valence-corrected chi connectivity index (χ4v) is 2.49. The first-order chi connectivity index (χ1) is 6.84. The molecule has 0 N–H and O–H groups in total. The second kappa shape index (κ2) is 6.43. The van der Waals surface area contributed by atoms with Crippen molar-refractivity contribution in [1.29, 1.82) is 0 Å². The molecule has 3 nitrogen and oxygen atoms in total. The number of amides is 1. The second-order valence-electron chi connectivity index (χ2n) is 4.17. The lowest BCUT2D eigenvalue weighted by molar-refractivity contribution is 0.128. The van der Waals surface area contributed by atoms with Crippen LogP contribution in [0.2, 0.25) is 0 Å². The van der Waals surface area contributed by atoms with Crippen LogP contribution in [-0.4, -0.2) is 28.3 Å². The zero-order chi connectivity index (χ0) is 12.1. The number of carbonyl (C=O) groups excluding carboxylic acids is 1. The lowest BCUT2D eigenvalue weighted by Crippen LogP contribution is -2.41. The standard InChI is InChI=1S/C10H21NO2S2/c1-6-8-13-9(12)11(7-2)15(14)10(3,4)5/h6-8H2,1-5H3. The van der Waals surface area contributed by atoms with E-state index in [1.807, 2.05) is 34.6 Å². The van der Waals surface area contributed by atoms with Crippen LogP contribution in [0.4, 0.5) is 4.79 Å². The molecule has 0 aromatic carbocycles. The molecule has 0 heterocycles. The molecule has 5 heteroatoms. The highest BCUT2D eigenvalue weighted by Crippen LogP contribution is 2.16. The minimum Gasteiger partial charge on any atom is -0.449 e. The van der Waals surface area contributed by atoms with Crippen LogP contribution < -0.4 is 0 Å². The molecule has 0 spiro atoms. The number of hydrogen-bond donors (Lipinski definition) is 0. The summed E-state index contributed by atoms with van der Waals surface area (Å²) in [6.07, 6.45) is 0.553. The van der Waals surface area contributed by atoms with Gasteiger partial charge in [0, 0.05) is 11.3 Å². The van der Waals surface area contributed by atoms with E-state index in [1.54, 1.807) is 4.31 Å². The Kier molecular flexibility index (Phi) is 6.36. The molecular weight excluding hydrogens is 230 g/mol. The second-order valence-corrected chi connectivity index (χ2v) is 7.28. The van der Waals surface area contributed by atoms with Crippen LogP contribution in [0, 0.1) is 0 Å².